The van der Waals surface area contributed by atoms with Crippen LogP contribution in [0.25, 0.3) is 0 Å². The highest BCUT2D eigenvalue weighted by molar-refractivity contribution is 5.74. The van der Waals surface area contributed by atoms with Crippen LogP contribution in [0.15, 0.2) is 0 Å². The highest BCUT2D eigenvalue weighted by Crippen LogP contribution is 2.49. The van der Waals surface area contributed by atoms with Crippen molar-refractivity contribution in [3.8, 4) is 0 Å². The quantitative estimate of drug-likeness (QED) is 0.682. The third-order valence-corrected chi connectivity index (χ3v) is 4.34. The minimum atomic E-state index is -0.169. The number of aliphatic hydroxyl groups excluding tert-OH is 1. The zero-order chi connectivity index (χ0) is 12.3. The molecule has 3 N–H and O–H groups in total. The third kappa shape index (κ3) is 3.35. The van der Waals surface area contributed by atoms with Crippen molar-refractivity contribution in [2.45, 2.75) is 45.1 Å². The Morgan fingerprint density at radius 3 is 2.82 bits per heavy atom. The van der Waals surface area contributed by atoms with Gasteiger partial charge in [0.2, 0.25) is 0 Å². The van der Waals surface area contributed by atoms with Crippen molar-refractivity contribution in [2.24, 2.45) is 17.8 Å². The fourth-order valence-electron chi connectivity index (χ4n) is 3.42. The first-order valence-corrected chi connectivity index (χ1v) is 6.84. The molecule has 0 aliphatic heterocycles. The summed E-state index contributed by atoms with van der Waals surface area (Å²) in [6, 6.07) is -0.327. The van der Waals surface area contributed by atoms with E-state index in [1.807, 2.05) is 0 Å². The van der Waals surface area contributed by atoms with Crippen LogP contribution in [0.1, 0.15) is 39.0 Å². The van der Waals surface area contributed by atoms with Gasteiger partial charge in [0.25, 0.3) is 0 Å². The van der Waals surface area contributed by atoms with Gasteiger partial charge >= 0.3 is 6.03 Å². The Balaban J connectivity index is 1.58. The van der Waals surface area contributed by atoms with Crippen LogP contribution in [0.3, 0.4) is 0 Å². The SMILES string of the molecule is CC(CO)NC(=O)NCCC1CC2CCC1C2. The van der Waals surface area contributed by atoms with Gasteiger partial charge in [0.15, 0.2) is 0 Å². The molecule has 4 nitrogen and oxygen atoms in total. The average Bonchev–Trinajstić information content (AvgIpc) is 2.90. The number of carbonyl (C=O) groups excluding carboxylic acids is 1. The molecule has 0 heterocycles. The van der Waals surface area contributed by atoms with Gasteiger partial charge in [-0.25, -0.2) is 4.79 Å². The van der Waals surface area contributed by atoms with Crippen molar-refractivity contribution in [1.29, 1.82) is 0 Å². The van der Waals surface area contributed by atoms with Crippen molar-refractivity contribution >= 4 is 6.03 Å². The number of fused-ring (bicyclic) bond motifs is 2. The molecule has 0 radical (unpaired) electrons. The molecule has 0 aromatic rings. The molecule has 2 bridgehead atoms. The standard InChI is InChI=1S/C13H24N2O2/c1-9(8-16)15-13(17)14-5-4-12-7-10-2-3-11(12)6-10/h9-12,16H,2-8H2,1H3,(H2,14,15,17). The molecule has 4 heteroatoms. The first-order chi connectivity index (χ1) is 8.19. The van der Waals surface area contributed by atoms with Crippen LogP contribution in [-0.4, -0.2) is 30.3 Å². The molecule has 4 unspecified atom stereocenters. The van der Waals surface area contributed by atoms with Gasteiger partial charge in [0.05, 0.1) is 12.6 Å². The van der Waals surface area contributed by atoms with Gasteiger partial charge in [0.1, 0.15) is 0 Å². The largest absolute Gasteiger partial charge is 0.394 e. The summed E-state index contributed by atoms with van der Waals surface area (Å²) < 4.78 is 0. The number of amides is 2. The van der Waals surface area contributed by atoms with Crippen LogP contribution in [0.2, 0.25) is 0 Å². The van der Waals surface area contributed by atoms with Gasteiger partial charge in [-0.15, -0.1) is 0 Å². The summed E-state index contributed by atoms with van der Waals surface area (Å²) in [5.74, 6) is 2.75. The predicted octanol–water partition coefficient (Wildman–Crippen LogP) is 1.49. The Hall–Kier alpha value is -0.770. The minimum absolute atomic E-state index is 0.0141. The van der Waals surface area contributed by atoms with Crippen LogP contribution in [0, 0.1) is 17.8 Å². The van der Waals surface area contributed by atoms with Crippen molar-refractivity contribution in [2.75, 3.05) is 13.2 Å². The summed E-state index contributed by atoms with van der Waals surface area (Å²) in [4.78, 5) is 11.4. The van der Waals surface area contributed by atoms with E-state index in [1.165, 1.54) is 25.7 Å². The maximum absolute atomic E-state index is 11.4. The van der Waals surface area contributed by atoms with Gasteiger partial charge in [-0.05, 0) is 50.4 Å². The number of hydrogen-bond acceptors (Lipinski definition) is 2. The summed E-state index contributed by atoms with van der Waals surface area (Å²) in [5.41, 5.74) is 0. The van der Waals surface area contributed by atoms with Crippen molar-refractivity contribution in [3.05, 3.63) is 0 Å². The van der Waals surface area contributed by atoms with Crippen LogP contribution >= 0.6 is 0 Å². The van der Waals surface area contributed by atoms with E-state index in [-0.39, 0.29) is 18.7 Å². The number of carbonyl (C=O) groups is 1. The zero-order valence-electron chi connectivity index (χ0n) is 10.6. The monoisotopic (exact) mass is 240 g/mol. The van der Waals surface area contributed by atoms with Crippen LogP contribution in [0.4, 0.5) is 4.79 Å². The lowest BCUT2D eigenvalue weighted by Gasteiger charge is -2.21. The molecule has 2 rings (SSSR count). The van der Waals surface area contributed by atoms with Gasteiger partial charge in [-0.2, -0.15) is 0 Å². The summed E-state index contributed by atoms with van der Waals surface area (Å²) in [5, 5.41) is 14.4. The lowest BCUT2D eigenvalue weighted by molar-refractivity contribution is 0.219. The maximum atomic E-state index is 11.4. The van der Waals surface area contributed by atoms with Gasteiger partial charge < -0.3 is 15.7 Å². The molecule has 0 spiro atoms. The fourth-order valence-corrected chi connectivity index (χ4v) is 3.42. The highest BCUT2D eigenvalue weighted by Gasteiger charge is 2.38. The molecule has 2 amide bonds. The Bertz CT molecular complexity index is 270. The molecule has 4 atom stereocenters. The molecule has 0 aromatic heterocycles. The molecule has 0 aromatic carbocycles. The molecule has 0 saturated heterocycles. The Labute approximate surface area is 103 Å². The molecule has 2 aliphatic rings. The number of hydrogen-bond donors (Lipinski definition) is 3. The Morgan fingerprint density at radius 2 is 2.24 bits per heavy atom. The van der Waals surface area contributed by atoms with Gasteiger partial charge in [-0.1, -0.05) is 6.42 Å². The summed E-state index contributed by atoms with van der Waals surface area (Å²) in [7, 11) is 0. The van der Waals surface area contributed by atoms with Crippen LogP contribution < -0.4 is 10.6 Å². The van der Waals surface area contributed by atoms with Crippen molar-refractivity contribution in [1.82, 2.24) is 10.6 Å². The molecule has 98 valence electrons. The lowest BCUT2D eigenvalue weighted by Crippen LogP contribution is -2.42. The van der Waals surface area contributed by atoms with E-state index in [0.29, 0.717) is 0 Å². The molecule has 2 aliphatic carbocycles. The molecule has 2 saturated carbocycles. The second-order valence-electron chi connectivity index (χ2n) is 5.71. The van der Waals surface area contributed by atoms with E-state index < -0.39 is 0 Å². The van der Waals surface area contributed by atoms with Gasteiger partial charge in [0, 0.05) is 6.54 Å². The first-order valence-electron chi connectivity index (χ1n) is 6.84. The molecule has 2 fully saturated rings. The van der Waals surface area contributed by atoms with E-state index in [1.54, 1.807) is 6.92 Å². The van der Waals surface area contributed by atoms with E-state index in [4.69, 9.17) is 5.11 Å². The zero-order valence-corrected chi connectivity index (χ0v) is 10.6. The summed E-state index contributed by atoms with van der Waals surface area (Å²) in [6.45, 7) is 2.53. The van der Waals surface area contributed by atoms with Crippen molar-refractivity contribution in [3.63, 3.8) is 0 Å². The summed E-state index contributed by atoms with van der Waals surface area (Å²) in [6.07, 6.45) is 6.76. The average molecular weight is 240 g/mol. The van der Waals surface area contributed by atoms with Crippen molar-refractivity contribution < 1.29 is 9.90 Å². The maximum Gasteiger partial charge on any atom is 0.315 e. The molecule has 17 heavy (non-hydrogen) atoms. The summed E-state index contributed by atoms with van der Waals surface area (Å²) >= 11 is 0. The Kier molecular flexibility index (Phi) is 4.26. The van der Waals surface area contributed by atoms with E-state index in [9.17, 15) is 4.79 Å². The smallest absolute Gasteiger partial charge is 0.315 e. The highest BCUT2D eigenvalue weighted by atomic mass is 16.3. The number of rotatable bonds is 5. The number of nitrogens with one attached hydrogen (secondary N) is 2. The number of urea groups is 1. The second kappa shape index (κ2) is 5.71. The lowest BCUT2D eigenvalue weighted by atomic mass is 9.86. The van der Waals surface area contributed by atoms with Crippen LogP contribution in [0.5, 0.6) is 0 Å². The first kappa shape index (κ1) is 12.7. The molecular weight excluding hydrogens is 216 g/mol. The minimum Gasteiger partial charge on any atom is -0.394 e. The molecular formula is C13H24N2O2. The third-order valence-electron chi connectivity index (χ3n) is 4.34. The second-order valence-corrected chi connectivity index (χ2v) is 5.71. The van der Waals surface area contributed by atoms with E-state index in [2.05, 4.69) is 10.6 Å². The van der Waals surface area contributed by atoms with Gasteiger partial charge in [-0.3, -0.25) is 0 Å². The topological polar surface area (TPSA) is 61.4 Å². The van der Waals surface area contributed by atoms with E-state index in [0.717, 1.165) is 30.7 Å². The normalized spacial score (nSPS) is 32.5. The fraction of sp³-hybridized carbons (Fsp3) is 0.923. The van der Waals surface area contributed by atoms with E-state index >= 15 is 0 Å². The van der Waals surface area contributed by atoms with Crippen LogP contribution in [-0.2, 0) is 0 Å². The predicted molar refractivity (Wildman–Crippen MR) is 66.6 cm³/mol. The number of aliphatic hydroxyl groups is 1. The Morgan fingerprint density at radius 1 is 1.41 bits per heavy atom.